The highest BCUT2D eigenvalue weighted by atomic mass is 19.4. The lowest BCUT2D eigenvalue weighted by Crippen LogP contribution is -2.50. The summed E-state index contributed by atoms with van der Waals surface area (Å²) in [7, 11) is 3.18. The Morgan fingerprint density at radius 1 is 1.06 bits per heavy atom. The third-order valence-electron chi connectivity index (χ3n) is 8.22. The first-order valence-corrected chi connectivity index (χ1v) is 15.3. The molecule has 0 bridgehead atoms. The predicted molar refractivity (Wildman–Crippen MR) is 174 cm³/mol. The number of ether oxygens (including phenoxy) is 2. The molecule has 0 spiro atoms. The maximum atomic E-state index is 14.0. The zero-order valence-electron chi connectivity index (χ0n) is 27.6. The van der Waals surface area contributed by atoms with Gasteiger partial charge in [0.2, 0.25) is 11.9 Å². The first-order chi connectivity index (χ1) is 22.0. The minimum absolute atomic E-state index is 0.00641. The smallest absolute Gasteiger partial charge is 0.421 e. The number of hydrogen-bond acceptors (Lipinski definition) is 9. The van der Waals surface area contributed by atoms with E-state index < -0.39 is 28.6 Å². The van der Waals surface area contributed by atoms with Crippen molar-refractivity contribution in [2.75, 3.05) is 60.8 Å². The first-order valence-electron chi connectivity index (χ1n) is 15.3. The van der Waals surface area contributed by atoms with Gasteiger partial charge in [-0.2, -0.15) is 18.2 Å². The van der Waals surface area contributed by atoms with Gasteiger partial charge in [0.1, 0.15) is 22.7 Å². The highest BCUT2D eigenvalue weighted by Gasteiger charge is 2.44. The summed E-state index contributed by atoms with van der Waals surface area (Å²) in [6.45, 7) is 11.2. The van der Waals surface area contributed by atoms with Gasteiger partial charge >= 0.3 is 12.3 Å². The highest BCUT2D eigenvalue weighted by molar-refractivity contribution is 6.07. The molecule has 5 rings (SSSR count). The van der Waals surface area contributed by atoms with Gasteiger partial charge in [-0.25, -0.2) is 9.78 Å². The van der Waals surface area contributed by atoms with E-state index in [2.05, 4.69) is 25.5 Å². The summed E-state index contributed by atoms with van der Waals surface area (Å²) in [6.07, 6.45) is -4.32. The molecule has 3 aromatic rings. The molecule has 0 unspecified atom stereocenters. The summed E-state index contributed by atoms with van der Waals surface area (Å²) < 4.78 is 53.1. The van der Waals surface area contributed by atoms with Gasteiger partial charge in [-0.3, -0.25) is 4.79 Å². The van der Waals surface area contributed by atoms with E-state index in [-0.39, 0.29) is 24.5 Å². The van der Waals surface area contributed by atoms with Crippen molar-refractivity contribution in [2.45, 2.75) is 58.4 Å². The standard InChI is InChI=1S/C33H40F3N7O4/c1-31(2,3)47-30(45)43-15-13-42(14-16-43)21-11-12-23(25(17-21)46-7)39-29-38-19-22(33(34,35)36)27(40-29)37-18-20-9-8-10-24-26(20)32(4,5)28(44)41(24)6/h8-12,17,19H,13-16,18H2,1-7H3,(H2,37,38,39,40). The molecule has 2 aliphatic rings. The number of fused-ring (bicyclic) bond motifs is 1. The highest BCUT2D eigenvalue weighted by Crippen LogP contribution is 2.43. The van der Waals surface area contributed by atoms with Crippen molar-refractivity contribution < 1.29 is 32.2 Å². The van der Waals surface area contributed by atoms with Gasteiger partial charge in [0, 0.05) is 63.4 Å². The molecule has 2 aromatic carbocycles. The first kappa shape index (κ1) is 33.6. The molecular formula is C33H40F3N7O4. The molecule has 1 fully saturated rings. The molecule has 252 valence electrons. The van der Waals surface area contributed by atoms with Crippen LogP contribution in [-0.2, 0) is 27.7 Å². The molecule has 0 atom stereocenters. The predicted octanol–water partition coefficient (Wildman–Crippen LogP) is 6.17. The zero-order valence-corrected chi connectivity index (χ0v) is 27.6. The van der Waals surface area contributed by atoms with E-state index in [1.165, 1.54) is 7.11 Å². The number of nitrogens with zero attached hydrogens (tertiary/aromatic N) is 5. The SMILES string of the molecule is COc1cc(N2CCN(C(=O)OC(C)(C)C)CC2)ccc1Nc1ncc(C(F)(F)F)c(NCc2cccc3c2C(C)(C)C(=O)N3C)n1. The summed E-state index contributed by atoms with van der Waals surface area (Å²) in [5, 5.41) is 5.84. The van der Waals surface area contributed by atoms with Crippen LogP contribution in [0.15, 0.2) is 42.6 Å². The maximum absolute atomic E-state index is 14.0. The Balaban J connectivity index is 1.33. The van der Waals surface area contributed by atoms with E-state index in [1.807, 2.05) is 39.0 Å². The summed E-state index contributed by atoms with van der Waals surface area (Å²) in [5.74, 6) is -0.119. The Kier molecular flexibility index (Phi) is 8.91. The number of rotatable bonds is 7. The third kappa shape index (κ3) is 7.00. The van der Waals surface area contributed by atoms with Gasteiger partial charge in [0.05, 0.1) is 18.2 Å². The van der Waals surface area contributed by atoms with Crippen molar-refractivity contribution in [3.63, 3.8) is 0 Å². The van der Waals surface area contributed by atoms with Gasteiger partial charge in [0.15, 0.2) is 0 Å². The molecule has 2 amide bonds. The van der Waals surface area contributed by atoms with Crippen molar-refractivity contribution in [3.8, 4) is 5.75 Å². The van der Waals surface area contributed by atoms with Crippen LogP contribution in [0.1, 0.15) is 51.3 Å². The van der Waals surface area contributed by atoms with Crippen molar-refractivity contribution in [1.29, 1.82) is 0 Å². The van der Waals surface area contributed by atoms with Crippen molar-refractivity contribution in [2.24, 2.45) is 0 Å². The third-order valence-corrected chi connectivity index (χ3v) is 8.22. The Morgan fingerprint density at radius 2 is 1.77 bits per heavy atom. The average Bonchev–Trinajstić information content (AvgIpc) is 3.19. The van der Waals surface area contributed by atoms with Crippen LogP contribution in [-0.4, -0.2) is 72.8 Å². The van der Waals surface area contributed by atoms with E-state index in [4.69, 9.17) is 9.47 Å². The molecule has 2 aliphatic heterocycles. The molecule has 0 aliphatic carbocycles. The number of carbonyl (C=O) groups excluding carboxylic acids is 2. The quantitative estimate of drug-likeness (QED) is 0.309. The van der Waals surface area contributed by atoms with Crippen LogP contribution in [0.3, 0.4) is 0 Å². The molecular weight excluding hydrogens is 615 g/mol. The lowest BCUT2D eigenvalue weighted by molar-refractivity contribution is -0.137. The molecule has 2 N–H and O–H groups in total. The summed E-state index contributed by atoms with van der Waals surface area (Å²) in [6, 6.07) is 10.8. The van der Waals surface area contributed by atoms with Gasteiger partial charge < -0.3 is 34.8 Å². The van der Waals surface area contributed by atoms with Crippen LogP contribution < -0.4 is 25.2 Å². The number of carbonyl (C=O) groups is 2. The summed E-state index contributed by atoms with van der Waals surface area (Å²) >= 11 is 0. The molecule has 11 nitrogen and oxygen atoms in total. The van der Waals surface area contributed by atoms with Crippen LogP contribution in [0.5, 0.6) is 5.75 Å². The number of anilines is 5. The number of alkyl halides is 3. The van der Waals surface area contributed by atoms with Crippen LogP contribution >= 0.6 is 0 Å². The van der Waals surface area contributed by atoms with Crippen molar-refractivity contribution >= 4 is 40.8 Å². The largest absolute Gasteiger partial charge is 0.494 e. The summed E-state index contributed by atoms with van der Waals surface area (Å²) in [5.41, 5.74) is 1.07. The number of amides is 2. The number of piperazine rings is 1. The normalized spacial score (nSPS) is 16.2. The second-order valence-electron chi connectivity index (χ2n) is 13.1. The van der Waals surface area contributed by atoms with Gasteiger partial charge in [-0.15, -0.1) is 0 Å². The Bertz CT molecular complexity index is 1660. The number of hydrogen-bond donors (Lipinski definition) is 2. The number of nitrogens with one attached hydrogen (secondary N) is 2. The number of likely N-dealkylation sites (N-methyl/N-ethyl adjacent to an activating group) is 1. The minimum atomic E-state index is -4.71. The van der Waals surface area contributed by atoms with Gasteiger partial charge in [-0.05, 0) is 63.9 Å². The lowest BCUT2D eigenvalue weighted by Gasteiger charge is -2.37. The van der Waals surface area contributed by atoms with Crippen molar-refractivity contribution in [3.05, 3.63) is 59.3 Å². The van der Waals surface area contributed by atoms with E-state index >= 15 is 0 Å². The van der Waals surface area contributed by atoms with Crippen LogP contribution in [0.25, 0.3) is 0 Å². The van der Waals surface area contributed by atoms with E-state index in [0.717, 1.165) is 23.1 Å². The van der Waals surface area contributed by atoms with Gasteiger partial charge in [-0.1, -0.05) is 12.1 Å². The fourth-order valence-corrected chi connectivity index (χ4v) is 5.91. The zero-order chi connectivity index (χ0) is 34.3. The van der Waals surface area contributed by atoms with Gasteiger partial charge in [0.25, 0.3) is 0 Å². The minimum Gasteiger partial charge on any atom is -0.494 e. The molecule has 1 saturated heterocycles. The molecule has 47 heavy (non-hydrogen) atoms. The fraction of sp³-hybridized carbons (Fsp3) is 0.455. The van der Waals surface area contributed by atoms with E-state index in [0.29, 0.717) is 43.2 Å². The fourth-order valence-electron chi connectivity index (χ4n) is 5.91. The summed E-state index contributed by atoms with van der Waals surface area (Å²) in [4.78, 5) is 38.8. The molecule has 14 heteroatoms. The average molecular weight is 656 g/mol. The van der Waals surface area contributed by atoms with Crippen molar-refractivity contribution in [1.82, 2.24) is 14.9 Å². The van der Waals surface area contributed by atoms with E-state index in [1.54, 1.807) is 48.9 Å². The number of halogens is 3. The van der Waals surface area contributed by atoms with Crippen LogP contribution in [0, 0.1) is 0 Å². The number of aromatic nitrogens is 2. The second-order valence-corrected chi connectivity index (χ2v) is 13.1. The molecule has 0 radical (unpaired) electrons. The topological polar surface area (TPSA) is 112 Å². The Hall–Kier alpha value is -4.75. The lowest BCUT2D eigenvalue weighted by atomic mass is 9.83. The monoisotopic (exact) mass is 655 g/mol. The Morgan fingerprint density at radius 3 is 2.40 bits per heavy atom. The second kappa shape index (κ2) is 12.5. The van der Waals surface area contributed by atoms with Crippen LogP contribution in [0.2, 0.25) is 0 Å². The van der Waals surface area contributed by atoms with E-state index in [9.17, 15) is 22.8 Å². The number of methoxy groups -OCH3 is 1. The number of benzene rings is 2. The van der Waals surface area contributed by atoms with Crippen LogP contribution in [0.4, 0.5) is 46.8 Å². The molecule has 0 saturated carbocycles. The maximum Gasteiger partial charge on any atom is 0.421 e. The molecule has 3 heterocycles. The molecule has 1 aromatic heterocycles. The Labute approximate surface area is 272 Å².